The molecule has 2 unspecified atom stereocenters. The molecule has 1 aromatic carbocycles. The van der Waals surface area contributed by atoms with E-state index in [1.54, 1.807) is 13.2 Å². The summed E-state index contributed by atoms with van der Waals surface area (Å²) in [4.78, 5) is 25.4. The second kappa shape index (κ2) is 10.9. The fourth-order valence-corrected chi connectivity index (χ4v) is 3.83. The molecule has 1 saturated heterocycles. The molecule has 2 rings (SSSR count). The topological polar surface area (TPSA) is 90.9 Å². The van der Waals surface area contributed by atoms with Crippen LogP contribution in [0.5, 0.6) is 11.5 Å². The monoisotopic (exact) mass is 391 g/mol. The molecule has 28 heavy (non-hydrogen) atoms. The van der Waals surface area contributed by atoms with E-state index >= 15 is 0 Å². The van der Waals surface area contributed by atoms with Crippen molar-refractivity contribution >= 4 is 11.8 Å². The Balaban J connectivity index is 1.82. The second-order valence-electron chi connectivity index (χ2n) is 7.48. The average Bonchev–Trinajstić information content (AvgIpc) is 2.67. The molecular weight excluding hydrogens is 358 g/mol. The molecule has 2 atom stereocenters. The molecule has 156 valence electrons. The van der Waals surface area contributed by atoms with Crippen molar-refractivity contribution in [2.75, 3.05) is 33.3 Å². The zero-order valence-corrected chi connectivity index (χ0v) is 17.2. The van der Waals surface area contributed by atoms with Crippen molar-refractivity contribution in [2.45, 2.75) is 39.7 Å². The fraction of sp³-hybridized carbons (Fsp3) is 0.619. The van der Waals surface area contributed by atoms with Crippen LogP contribution in [0.15, 0.2) is 18.2 Å². The van der Waals surface area contributed by atoms with Gasteiger partial charge in [0.1, 0.15) is 11.5 Å². The predicted molar refractivity (Wildman–Crippen MR) is 108 cm³/mol. The molecule has 1 heterocycles. The van der Waals surface area contributed by atoms with Crippen LogP contribution in [-0.2, 0) is 16.1 Å². The normalized spacial score (nSPS) is 19.8. The molecule has 3 N–H and O–H groups in total. The maximum Gasteiger partial charge on any atom is 0.220 e. The van der Waals surface area contributed by atoms with E-state index in [1.165, 1.54) is 6.92 Å². The molecule has 0 aliphatic carbocycles. The summed E-state index contributed by atoms with van der Waals surface area (Å²) in [6.45, 7) is 7.08. The van der Waals surface area contributed by atoms with Gasteiger partial charge in [0.15, 0.2) is 0 Å². The molecule has 0 saturated carbocycles. The van der Waals surface area contributed by atoms with Gasteiger partial charge in [0.25, 0.3) is 0 Å². The van der Waals surface area contributed by atoms with Crippen LogP contribution in [0.1, 0.15) is 38.7 Å². The maximum absolute atomic E-state index is 12.2. The molecular formula is C21H33N3O4. The van der Waals surface area contributed by atoms with E-state index in [9.17, 15) is 14.7 Å². The van der Waals surface area contributed by atoms with Crippen molar-refractivity contribution < 1.29 is 19.4 Å². The van der Waals surface area contributed by atoms with Gasteiger partial charge >= 0.3 is 0 Å². The average molecular weight is 392 g/mol. The van der Waals surface area contributed by atoms with Gasteiger partial charge in [-0.2, -0.15) is 0 Å². The lowest BCUT2D eigenvalue weighted by Gasteiger charge is -2.38. The molecule has 7 heteroatoms. The van der Waals surface area contributed by atoms with Gasteiger partial charge in [-0.3, -0.25) is 14.5 Å². The van der Waals surface area contributed by atoms with Crippen molar-refractivity contribution in [3.05, 3.63) is 23.8 Å². The third-order valence-corrected chi connectivity index (χ3v) is 5.45. The minimum absolute atomic E-state index is 0.0510. The van der Waals surface area contributed by atoms with Crippen molar-refractivity contribution in [3.63, 3.8) is 0 Å². The van der Waals surface area contributed by atoms with Gasteiger partial charge < -0.3 is 20.5 Å². The molecule has 1 aliphatic rings. The molecule has 0 radical (unpaired) electrons. The number of hydrogen-bond acceptors (Lipinski definition) is 5. The molecule has 7 nitrogen and oxygen atoms in total. The number of hydrogen-bond donors (Lipinski definition) is 3. The first-order chi connectivity index (χ1) is 13.4. The Labute approximate surface area is 167 Å². The first-order valence-corrected chi connectivity index (χ1v) is 10.0. The molecule has 2 amide bonds. The standard InChI is InChI=1S/C21H33N3O4/c1-4-16-13-24(14-18-5-6-19(28-3)12-20(18)26)10-7-17(16)11-21(27)23-9-8-22-15(2)25/h5-6,12,16-17,26H,4,7-11,13-14H2,1-3H3,(H,22,25)(H,23,27). The summed E-state index contributed by atoms with van der Waals surface area (Å²) in [5.74, 6) is 1.69. The number of ether oxygens (including phenoxy) is 1. The number of piperidine rings is 1. The SMILES string of the molecule is CCC1CN(Cc2ccc(OC)cc2O)CCC1CC(=O)NCCNC(C)=O. The van der Waals surface area contributed by atoms with Gasteiger partial charge in [0.2, 0.25) is 11.8 Å². The lowest BCUT2D eigenvalue weighted by Crippen LogP contribution is -2.42. The van der Waals surface area contributed by atoms with Crippen LogP contribution in [0, 0.1) is 11.8 Å². The number of phenolic OH excluding ortho intramolecular Hbond substituents is 1. The van der Waals surface area contributed by atoms with E-state index in [1.807, 2.05) is 12.1 Å². The lowest BCUT2D eigenvalue weighted by atomic mass is 9.81. The van der Waals surface area contributed by atoms with E-state index in [0.717, 1.165) is 31.5 Å². The summed E-state index contributed by atoms with van der Waals surface area (Å²) >= 11 is 0. The number of carbonyl (C=O) groups is 2. The van der Waals surface area contributed by atoms with Crippen LogP contribution in [0.3, 0.4) is 0 Å². The van der Waals surface area contributed by atoms with Crippen molar-refractivity contribution in [3.8, 4) is 11.5 Å². The van der Waals surface area contributed by atoms with Gasteiger partial charge in [-0.1, -0.05) is 19.4 Å². The summed E-state index contributed by atoms with van der Waals surface area (Å²) in [5, 5.41) is 15.8. The van der Waals surface area contributed by atoms with E-state index in [0.29, 0.717) is 43.6 Å². The molecule has 0 bridgehead atoms. The summed E-state index contributed by atoms with van der Waals surface area (Å²) in [6.07, 6.45) is 2.52. The summed E-state index contributed by atoms with van der Waals surface area (Å²) in [6, 6.07) is 5.42. The van der Waals surface area contributed by atoms with Gasteiger partial charge in [0.05, 0.1) is 7.11 Å². The highest BCUT2D eigenvalue weighted by Crippen LogP contribution is 2.31. The summed E-state index contributed by atoms with van der Waals surface area (Å²) in [7, 11) is 1.58. The number of aromatic hydroxyl groups is 1. The highest BCUT2D eigenvalue weighted by molar-refractivity contribution is 5.76. The third kappa shape index (κ3) is 6.71. The van der Waals surface area contributed by atoms with Crippen molar-refractivity contribution in [1.29, 1.82) is 0 Å². The fourth-order valence-electron chi connectivity index (χ4n) is 3.83. The Bertz CT molecular complexity index is 665. The van der Waals surface area contributed by atoms with Gasteiger partial charge in [-0.05, 0) is 30.9 Å². The zero-order valence-electron chi connectivity index (χ0n) is 17.2. The van der Waals surface area contributed by atoms with Crippen LogP contribution in [-0.4, -0.2) is 55.1 Å². The van der Waals surface area contributed by atoms with E-state index in [4.69, 9.17) is 4.74 Å². The second-order valence-corrected chi connectivity index (χ2v) is 7.48. The minimum atomic E-state index is -0.0874. The minimum Gasteiger partial charge on any atom is -0.507 e. The van der Waals surface area contributed by atoms with Gasteiger partial charge in [-0.15, -0.1) is 0 Å². The van der Waals surface area contributed by atoms with Crippen molar-refractivity contribution in [1.82, 2.24) is 15.5 Å². The third-order valence-electron chi connectivity index (χ3n) is 5.45. The Morgan fingerprint density at radius 2 is 2.00 bits per heavy atom. The number of phenols is 1. The number of benzene rings is 1. The molecule has 1 aromatic rings. The first kappa shape index (κ1) is 22.0. The smallest absolute Gasteiger partial charge is 0.220 e. The largest absolute Gasteiger partial charge is 0.507 e. The van der Waals surface area contributed by atoms with Crippen LogP contribution in [0.4, 0.5) is 0 Å². The molecule has 1 fully saturated rings. The quantitative estimate of drug-likeness (QED) is 0.559. The van der Waals surface area contributed by atoms with Crippen LogP contribution >= 0.6 is 0 Å². The summed E-state index contributed by atoms with van der Waals surface area (Å²) in [5.41, 5.74) is 0.893. The van der Waals surface area contributed by atoms with E-state index in [2.05, 4.69) is 22.5 Å². The van der Waals surface area contributed by atoms with Crippen LogP contribution < -0.4 is 15.4 Å². The number of methoxy groups -OCH3 is 1. The summed E-state index contributed by atoms with van der Waals surface area (Å²) < 4.78 is 5.14. The maximum atomic E-state index is 12.2. The van der Waals surface area contributed by atoms with Crippen LogP contribution in [0.25, 0.3) is 0 Å². The molecule has 1 aliphatic heterocycles. The zero-order chi connectivity index (χ0) is 20.5. The predicted octanol–water partition coefficient (Wildman–Crippen LogP) is 1.89. The number of carbonyl (C=O) groups excluding carboxylic acids is 2. The Kier molecular flexibility index (Phi) is 8.57. The lowest BCUT2D eigenvalue weighted by molar-refractivity contribution is -0.123. The number of nitrogens with zero attached hydrogens (tertiary/aromatic N) is 1. The number of nitrogens with one attached hydrogen (secondary N) is 2. The number of amides is 2. The first-order valence-electron chi connectivity index (χ1n) is 10.0. The number of likely N-dealkylation sites (tertiary alicyclic amines) is 1. The Hall–Kier alpha value is -2.28. The number of rotatable bonds is 9. The van der Waals surface area contributed by atoms with Crippen LogP contribution in [0.2, 0.25) is 0 Å². The van der Waals surface area contributed by atoms with Crippen molar-refractivity contribution in [2.24, 2.45) is 11.8 Å². The Morgan fingerprint density at radius 1 is 1.25 bits per heavy atom. The highest BCUT2D eigenvalue weighted by atomic mass is 16.5. The molecule has 0 spiro atoms. The van der Waals surface area contributed by atoms with Gasteiger partial charge in [0, 0.05) is 51.2 Å². The molecule has 0 aromatic heterocycles. The van der Waals surface area contributed by atoms with Gasteiger partial charge in [-0.25, -0.2) is 0 Å². The van der Waals surface area contributed by atoms with E-state index < -0.39 is 0 Å². The highest BCUT2D eigenvalue weighted by Gasteiger charge is 2.29. The Morgan fingerprint density at radius 3 is 2.64 bits per heavy atom. The van der Waals surface area contributed by atoms with E-state index in [-0.39, 0.29) is 17.6 Å².